The zero-order chi connectivity index (χ0) is 21.7. The summed E-state index contributed by atoms with van der Waals surface area (Å²) in [5.41, 5.74) is 3.39. The van der Waals surface area contributed by atoms with Crippen LogP contribution in [0.25, 0.3) is 0 Å². The molecule has 0 heterocycles. The number of carbonyl (C=O) groups is 2. The van der Waals surface area contributed by atoms with Crippen molar-refractivity contribution in [3.63, 3.8) is 0 Å². The topological polar surface area (TPSA) is 55.4 Å². The van der Waals surface area contributed by atoms with Crippen LogP contribution >= 0.6 is 0 Å². The van der Waals surface area contributed by atoms with Gasteiger partial charge >= 0.3 is 0 Å². The number of hydrogen-bond donors (Lipinski definition) is 1. The van der Waals surface area contributed by atoms with E-state index in [0.717, 1.165) is 0 Å². The average molecular weight is 402 g/mol. The first-order valence-corrected chi connectivity index (χ1v) is 10.0. The third-order valence-electron chi connectivity index (χ3n) is 5.29. The highest BCUT2D eigenvalue weighted by molar-refractivity contribution is 5.98. The summed E-state index contributed by atoms with van der Waals surface area (Å²) in [4.78, 5) is 24.0. The molecular weight excluding hydrogens is 374 g/mol. The molecule has 4 nitrogen and oxygen atoms in total. The number of ketones is 1. The SMILES string of the molecule is CC(=O)c1cccc(NC(=O)C(C)Oc2ccc(C(C)(C)c3ccccc3)cc2)c1. The van der Waals surface area contributed by atoms with E-state index in [4.69, 9.17) is 4.74 Å². The molecule has 154 valence electrons. The molecule has 30 heavy (non-hydrogen) atoms. The van der Waals surface area contributed by atoms with E-state index in [2.05, 4.69) is 31.3 Å². The molecule has 0 aliphatic rings. The second kappa shape index (κ2) is 8.95. The Kier molecular flexibility index (Phi) is 6.36. The maximum absolute atomic E-state index is 12.5. The maximum Gasteiger partial charge on any atom is 0.265 e. The zero-order valence-corrected chi connectivity index (χ0v) is 17.8. The van der Waals surface area contributed by atoms with Gasteiger partial charge in [0.05, 0.1) is 0 Å². The number of amides is 1. The van der Waals surface area contributed by atoms with Crippen LogP contribution in [-0.4, -0.2) is 17.8 Å². The molecule has 4 heteroatoms. The van der Waals surface area contributed by atoms with E-state index in [1.165, 1.54) is 18.1 Å². The van der Waals surface area contributed by atoms with Crippen LogP contribution in [0.3, 0.4) is 0 Å². The quantitative estimate of drug-likeness (QED) is 0.523. The lowest BCUT2D eigenvalue weighted by molar-refractivity contribution is -0.122. The number of anilines is 1. The third kappa shape index (κ3) is 4.95. The van der Waals surface area contributed by atoms with Crippen LogP contribution in [0.15, 0.2) is 78.9 Å². The molecule has 3 aromatic rings. The number of rotatable bonds is 7. The molecule has 0 saturated carbocycles. The number of carbonyl (C=O) groups excluding carboxylic acids is 2. The van der Waals surface area contributed by atoms with Crippen LogP contribution in [0.2, 0.25) is 0 Å². The standard InChI is InChI=1S/C26H27NO3/c1-18(28)20-9-8-12-23(17-20)27-25(29)19(2)30-24-15-13-22(14-16-24)26(3,4)21-10-6-5-7-11-21/h5-17,19H,1-4H3,(H,27,29). The number of benzene rings is 3. The molecule has 3 rings (SSSR count). The van der Waals surface area contributed by atoms with Gasteiger partial charge in [-0.15, -0.1) is 0 Å². The van der Waals surface area contributed by atoms with Gasteiger partial charge in [0.1, 0.15) is 5.75 Å². The molecule has 0 saturated heterocycles. The minimum absolute atomic E-state index is 0.0473. The highest BCUT2D eigenvalue weighted by Crippen LogP contribution is 2.32. The van der Waals surface area contributed by atoms with Gasteiger partial charge in [0, 0.05) is 16.7 Å². The molecule has 0 aliphatic heterocycles. The second-order valence-corrected chi connectivity index (χ2v) is 7.90. The minimum Gasteiger partial charge on any atom is -0.481 e. The van der Waals surface area contributed by atoms with Gasteiger partial charge in [-0.1, -0.05) is 68.4 Å². The average Bonchev–Trinajstić information content (AvgIpc) is 2.75. The lowest BCUT2D eigenvalue weighted by atomic mass is 9.78. The van der Waals surface area contributed by atoms with Crippen molar-refractivity contribution in [2.45, 2.75) is 39.2 Å². The molecular formula is C26H27NO3. The van der Waals surface area contributed by atoms with Gasteiger partial charge in [-0.2, -0.15) is 0 Å². The van der Waals surface area contributed by atoms with Crippen molar-refractivity contribution < 1.29 is 14.3 Å². The van der Waals surface area contributed by atoms with Crippen LogP contribution in [0.4, 0.5) is 5.69 Å². The fourth-order valence-electron chi connectivity index (χ4n) is 3.29. The van der Waals surface area contributed by atoms with Gasteiger partial charge in [0.2, 0.25) is 0 Å². The van der Waals surface area contributed by atoms with E-state index in [-0.39, 0.29) is 17.1 Å². The van der Waals surface area contributed by atoms with E-state index in [0.29, 0.717) is 17.0 Å². The van der Waals surface area contributed by atoms with Crippen molar-refractivity contribution in [2.24, 2.45) is 0 Å². The molecule has 0 fully saturated rings. The molecule has 0 radical (unpaired) electrons. The highest BCUT2D eigenvalue weighted by Gasteiger charge is 2.23. The molecule has 3 aromatic carbocycles. The molecule has 0 bridgehead atoms. The van der Waals surface area contributed by atoms with Gasteiger partial charge in [0.25, 0.3) is 5.91 Å². The summed E-state index contributed by atoms with van der Waals surface area (Å²) < 4.78 is 5.82. The predicted molar refractivity (Wildman–Crippen MR) is 120 cm³/mol. The van der Waals surface area contributed by atoms with Gasteiger partial charge in [-0.25, -0.2) is 0 Å². The van der Waals surface area contributed by atoms with E-state index >= 15 is 0 Å². The molecule has 1 atom stereocenters. The monoisotopic (exact) mass is 401 g/mol. The normalized spacial score (nSPS) is 12.1. The largest absolute Gasteiger partial charge is 0.481 e. The molecule has 1 N–H and O–H groups in total. The van der Waals surface area contributed by atoms with Gasteiger partial charge < -0.3 is 10.1 Å². The van der Waals surface area contributed by atoms with Crippen LogP contribution in [0, 0.1) is 0 Å². The van der Waals surface area contributed by atoms with Gasteiger partial charge in [-0.05, 0) is 49.2 Å². The van der Waals surface area contributed by atoms with Crippen molar-refractivity contribution in [3.8, 4) is 5.75 Å². The van der Waals surface area contributed by atoms with E-state index in [1.54, 1.807) is 31.2 Å². The fourth-order valence-corrected chi connectivity index (χ4v) is 3.29. The summed E-state index contributed by atoms with van der Waals surface area (Å²) in [6.07, 6.45) is -0.682. The third-order valence-corrected chi connectivity index (χ3v) is 5.29. The lowest BCUT2D eigenvalue weighted by Gasteiger charge is -2.26. The minimum atomic E-state index is -0.682. The Morgan fingerprint density at radius 1 is 0.867 bits per heavy atom. The fraction of sp³-hybridized carbons (Fsp3) is 0.231. The van der Waals surface area contributed by atoms with Gasteiger partial charge in [0.15, 0.2) is 11.9 Å². The van der Waals surface area contributed by atoms with E-state index in [9.17, 15) is 9.59 Å². The summed E-state index contributed by atoms with van der Waals surface area (Å²) in [6.45, 7) is 7.56. The van der Waals surface area contributed by atoms with Crippen molar-refractivity contribution in [1.82, 2.24) is 0 Å². The summed E-state index contributed by atoms with van der Waals surface area (Å²) in [5.74, 6) is 0.307. The summed E-state index contributed by atoms with van der Waals surface area (Å²) in [5, 5.41) is 2.80. The van der Waals surface area contributed by atoms with Crippen LogP contribution in [0.5, 0.6) is 5.75 Å². The summed E-state index contributed by atoms with van der Waals surface area (Å²) in [6, 6.07) is 25.1. The van der Waals surface area contributed by atoms with Crippen LogP contribution in [-0.2, 0) is 10.2 Å². The highest BCUT2D eigenvalue weighted by atomic mass is 16.5. The van der Waals surface area contributed by atoms with Crippen molar-refractivity contribution in [2.75, 3.05) is 5.32 Å². The Balaban J connectivity index is 1.65. The Bertz CT molecular complexity index is 1020. The van der Waals surface area contributed by atoms with Crippen molar-refractivity contribution >= 4 is 17.4 Å². The van der Waals surface area contributed by atoms with Crippen LogP contribution in [0.1, 0.15) is 49.2 Å². The Hall–Kier alpha value is -3.40. The first-order valence-electron chi connectivity index (χ1n) is 10.0. The Morgan fingerprint density at radius 2 is 1.50 bits per heavy atom. The summed E-state index contributed by atoms with van der Waals surface area (Å²) >= 11 is 0. The number of nitrogens with one attached hydrogen (secondary N) is 1. The number of hydrogen-bond acceptors (Lipinski definition) is 3. The second-order valence-electron chi connectivity index (χ2n) is 7.90. The molecule has 1 amide bonds. The first-order chi connectivity index (χ1) is 14.3. The predicted octanol–water partition coefficient (Wildman–Crippen LogP) is 5.62. The molecule has 1 unspecified atom stereocenters. The molecule has 0 spiro atoms. The number of ether oxygens (including phenoxy) is 1. The smallest absolute Gasteiger partial charge is 0.265 e. The summed E-state index contributed by atoms with van der Waals surface area (Å²) in [7, 11) is 0. The Morgan fingerprint density at radius 3 is 2.13 bits per heavy atom. The van der Waals surface area contributed by atoms with Gasteiger partial charge in [-0.3, -0.25) is 9.59 Å². The first kappa shape index (κ1) is 21.3. The zero-order valence-electron chi connectivity index (χ0n) is 17.8. The number of Topliss-reactive ketones (excluding diaryl/α,β-unsaturated/α-hetero) is 1. The van der Waals surface area contributed by atoms with E-state index in [1.807, 2.05) is 42.5 Å². The lowest BCUT2D eigenvalue weighted by Crippen LogP contribution is -2.30. The van der Waals surface area contributed by atoms with Crippen LogP contribution < -0.4 is 10.1 Å². The molecule has 0 aliphatic carbocycles. The van der Waals surface area contributed by atoms with E-state index < -0.39 is 6.10 Å². The van der Waals surface area contributed by atoms with Crippen molar-refractivity contribution in [3.05, 3.63) is 95.6 Å². The Labute approximate surface area is 177 Å². The van der Waals surface area contributed by atoms with Crippen molar-refractivity contribution in [1.29, 1.82) is 0 Å². The molecule has 0 aromatic heterocycles. The maximum atomic E-state index is 12.5.